The molecule has 0 aliphatic heterocycles. The number of nitrogens with zero attached hydrogens (tertiary/aromatic N) is 1. The van der Waals surface area contributed by atoms with E-state index in [2.05, 4.69) is 5.16 Å². The molecule has 120 valence electrons. The van der Waals surface area contributed by atoms with Crippen LogP contribution in [-0.4, -0.2) is 25.5 Å². The Morgan fingerprint density at radius 2 is 1.70 bits per heavy atom. The lowest BCUT2D eigenvalue weighted by molar-refractivity contribution is -0.146. The van der Waals surface area contributed by atoms with Gasteiger partial charge >= 0.3 is 5.97 Å². The number of nitrogens with two attached hydrogens (primary N) is 1. The molecule has 0 spiro atoms. The van der Waals surface area contributed by atoms with E-state index in [0.717, 1.165) is 0 Å². The van der Waals surface area contributed by atoms with Crippen LogP contribution in [0.2, 0.25) is 5.02 Å². The molecule has 0 radical (unpaired) electrons. The molecule has 0 fully saturated rings. The molecule has 0 bridgehead atoms. The lowest BCUT2D eigenvalue weighted by atomic mass is 10.2. The smallest absolute Gasteiger partial charge is 0.372 e. The molecule has 23 heavy (non-hydrogen) atoms. The summed E-state index contributed by atoms with van der Waals surface area (Å²) in [6, 6.07) is 13.5. The molecule has 2 rings (SSSR count). The summed E-state index contributed by atoms with van der Waals surface area (Å²) in [7, 11) is 1.57. The summed E-state index contributed by atoms with van der Waals surface area (Å²) in [5.41, 5.74) is 6.30. The fourth-order valence-corrected chi connectivity index (χ4v) is 1.74. The third-order valence-electron chi connectivity index (χ3n) is 2.80. The van der Waals surface area contributed by atoms with Gasteiger partial charge in [-0.2, -0.15) is 0 Å². The molecule has 0 aromatic heterocycles. The molecular weight excluding hydrogens is 320 g/mol. The number of halogens is 1. The van der Waals surface area contributed by atoms with Crippen LogP contribution in [0.5, 0.6) is 11.5 Å². The Morgan fingerprint density at radius 3 is 2.30 bits per heavy atom. The lowest BCUT2D eigenvalue weighted by Gasteiger charge is -2.05. The number of hydrogen-bond donors (Lipinski definition) is 1. The van der Waals surface area contributed by atoms with Crippen molar-refractivity contribution >= 4 is 23.4 Å². The largest absolute Gasteiger partial charge is 0.497 e. The first kappa shape index (κ1) is 16.6. The zero-order valence-corrected chi connectivity index (χ0v) is 13.1. The molecule has 0 heterocycles. The Labute approximate surface area is 138 Å². The molecule has 0 amide bonds. The zero-order chi connectivity index (χ0) is 16.7. The van der Waals surface area contributed by atoms with Crippen molar-refractivity contribution in [1.82, 2.24) is 0 Å². The van der Waals surface area contributed by atoms with Gasteiger partial charge < -0.3 is 20.0 Å². The number of rotatable bonds is 6. The van der Waals surface area contributed by atoms with Crippen LogP contribution < -0.4 is 15.2 Å². The minimum absolute atomic E-state index is 0.0689. The van der Waals surface area contributed by atoms with Gasteiger partial charge in [0, 0.05) is 10.6 Å². The SMILES string of the molecule is COc1ccc(OCC(=O)O/N=C(\N)c2ccc(Cl)cc2)cc1. The molecule has 2 aromatic carbocycles. The van der Waals surface area contributed by atoms with Crippen molar-refractivity contribution in [3.8, 4) is 11.5 Å². The van der Waals surface area contributed by atoms with E-state index in [9.17, 15) is 4.79 Å². The van der Waals surface area contributed by atoms with Gasteiger partial charge in [0.2, 0.25) is 0 Å². The third-order valence-corrected chi connectivity index (χ3v) is 3.05. The number of oxime groups is 1. The monoisotopic (exact) mass is 334 g/mol. The van der Waals surface area contributed by atoms with Gasteiger partial charge in [-0.3, -0.25) is 0 Å². The van der Waals surface area contributed by atoms with Crippen LogP contribution in [0, 0.1) is 0 Å². The van der Waals surface area contributed by atoms with Gasteiger partial charge in [-0.15, -0.1) is 0 Å². The maximum absolute atomic E-state index is 11.6. The van der Waals surface area contributed by atoms with E-state index in [1.165, 1.54) is 0 Å². The standard InChI is InChI=1S/C16H15ClN2O4/c1-21-13-6-8-14(9-7-13)22-10-15(20)23-19-16(18)11-2-4-12(17)5-3-11/h2-9H,10H2,1H3,(H2,18,19). The van der Waals surface area contributed by atoms with Gasteiger partial charge in [0.15, 0.2) is 12.4 Å². The molecule has 0 unspecified atom stereocenters. The number of benzene rings is 2. The molecule has 2 N–H and O–H groups in total. The average molecular weight is 335 g/mol. The summed E-state index contributed by atoms with van der Waals surface area (Å²) < 4.78 is 10.3. The second-order valence-corrected chi connectivity index (χ2v) is 4.85. The van der Waals surface area contributed by atoms with Gasteiger partial charge in [-0.05, 0) is 48.5 Å². The van der Waals surface area contributed by atoms with Crippen LogP contribution in [0.3, 0.4) is 0 Å². The molecule has 0 aliphatic carbocycles. The van der Waals surface area contributed by atoms with Crippen LogP contribution in [0.1, 0.15) is 5.56 Å². The fourth-order valence-electron chi connectivity index (χ4n) is 1.61. The lowest BCUT2D eigenvalue weighted by Crippen LogP contribution is -2.17. The number of carbonyl (C=O) groups is 1. The zero-order valence-electron chi connectivity index (χ0n) is 12.4. The molecule has 0 aliphatic rings. The van der Waals surface area contributed by atoms with Gasteiger partial charge in [0.25, 0.3) is 0 Å². The number of methoxy groups -OCH3 is 1. The molecule has 7 heteroatoms. The Bertz CT molecular complexity index is 684. The summed E-state index contributed by atoms with van der Waals surface area (Å²) in [6.07, 6.45) is 0. The maximum Gasteiger partial charge on any atom is 0.372 e. The third kappa shape index (κ3) is 5.19. The van der Waals surface area contributed by atoms with Crippen LogP contribution in [0.25, 0.3) is 0 Å². The van der Waals surface area contributed by atoms with E-state index >= 15 is 0 Å². The Balaban J connectivity index is 1.84. The summed E-state index contributed by atoms with van der Waals surface area (Å²) >= 11 is 5.77. The molecule has 6 nitrogen and oxygen atoms in total. The van der Waals surface area contributed by atoms with Gasteiger partial charge in [-0.25, -0.2) is 4.79 Å². The van der Waals surface area contributed by atoms with Crippen LogP contribution in [0.15, 0.2) is 53.7 Å². The Hall–Kier alpha value is -2.73. The molecule has 2 aromatic rings. The highest BCUT2D eigenvalue weighted by atomic mass is 35.5. The number of hydrogen-bond acceptors (Lipinski definition) is 5. The van der Waals surface area contributed by atoms with Gasteiger partial charge in [0.05, 0.1) is 7.11 Å². The number of ether oxygens (including phenoxy) is 2. The van der Waals surface area contributed by atoms with Crippen LogP contribution in [-0.2, 0) is 9.63 Å². The predicted molar refractivity (Wildman–Crippen MR) is 86.8 cm³/mol. The second-order valence-electron chi connectivity index (χ2n) is 4.41. The summed E-state index contributed by atoms with van der Waals surface area (Å²) in [5.74, 6) is 0.606. The summed E-state index contributed by atoms with van der Waals surface area (Å²) in [6.45, 7) is -0.288. The number of amidine groups is 1. The topological polar surface area (TPSA) is 83.1 Å². The first-order chi connectivity index (χ1) is 11.1. The van der Waals surface area contributed by atoms with Crippen molar-refractivity contribution in [3.05, 3.63) is 59.1 Å². The second kappa shape index (κ2) is 8.05. The van der Waals surface area contributed by atoms with E-state index in [0.29, 0.717) is 22.1 Å². The molecule has 0 saturated heterocycles. The minimum Gasteiger partial charge on any atom is -0.497 e. The first-order valence-corrected chi connectivity index (χ1v) is 7.02. The van der Waals surface area contributed by atoms with E-state index < -0.39 is 5.97 Å². The summed E-state index contributed by atoms with van der Waals surface area (Å²) in [5, 5.41) is 4.14. The first-order valence-electron chi connectivity index (χ1n) is 6.64. The fraction of sp³-hybridized carbons (Fsp3) is 0.125. The highest BCUT2D eigenvalue weighted by molar-refractivity contribution is 6.30. The summed E-state index contributed by atoms with van der Waals surface area (Å²) in [4.78, 5) is 16.3. The van der Waals surface area contributed by atoms with Crippen molar-refractivity contribution in [2.75, 3.05) is 13.7 Å². The highest BCUT2D eigenvalue weighted by Crippen LogP contribution is 2.16. The minimum atomic E-state index is -0.669. The van der Waals surface area contributed by atoms with Crippen molar-refractivity contribution in [2.45, 2.75) is 0 Å². The van der Waals surface area contributed by atoms with Gasteiger partial charge in [0.1, 0.15) is 11.5 Å². The Morgan fingerprint density at radius 1 is 1.09 bits per heavy atom. The van der Waals surface area contributed by atoms with Crippen LogP contribution >= 0.6 is 11.6 Å². The van der Waals surface area contributed by atoms with Crippen molar-refractivity contribution in [2.24, 2.45) is 10.9 Å². The van der Waals surface area contributed by atoms with E-state index in [-0.39, 0.29) is 12.4 Å². The maximum atomic E-state index is 11.6. The van der Waals surface area contributed by atoms with Gasteiger partial charge in [-0.1, -0.05) is 16.8 Å². The van der Waals surface area contributed by atoms with Crippen LogP contribution in [0.4, 0.5) is 0 Å². The van der Waals surface area contributed by atoms with Crippen molar-refractivity contribution in [1.29, 1.82) is 0 Å². The number of carbonyl (C=O) groups excluding carboxylic acids is 1. The van der Waals surface area contributed by atoms with E-state index in [1.807, 2.05) is 0 Å². The average Bonchev–Trinajstić information content (AvgIpc) is 2.59. The molecular formula is C16H15ClN2O4. The normalized spacial score (nSPS) is 11.0. The molecule has 0 atom stereocenters. The van der Waals surface area contributed by atoms with Crippen molar-refractivity contribution in [3.63, 3.8) is 0 Å². The quantitative estimate of drug-likeness (QED) is 0.380. The van der Waals surface area contributed by atoms with E-state index in [4.69, 9.17) is 31.6 Å². The highest BCUT2D eigenvalue weighted by Gasteiger charge is 2.06. The Kier molecular flexibility index (Phi) is 5.82. The van der Waals surface area contributed by atoms with Crippen molar-refractivity contribution < 1.29 is 19.1 Å². The molecule has 0 saturated carbocycles. The van der Waals surface area contributed by atoms with E-state index in [1.54, 1.807) is 55.6 Å². The predicted octanol–water partition coefficient (Wildman–Crippen LogP) is 2.59.